The third-order valence-electron chi connectivity index (χ3n) is 1.83. The summed E-state index contributed by atoms with van der Waals surface area (Å²) in [6.07, 6.45) is -2.05. The third-order valence-corrected chi connectivity index (χ3v) is 3.18. The molecule has 0 bridgehead atoms. The minimum atomic E-state index is -4.90. The van der Waals surface area contributed by atoms with Crippen molar-refractivity contribution in [2.45, 2.75) is 17.5 Å². The van der Waals surface area contributed by atoms with Gasteiger partial charge in [-0.15, -0.1) is 0 Å². The van der Waals surface area contributed by atoms with Crippen LogP contribution < -0.4 is 29.6 Å². The molecule has 0 amide bonds. The predicted octanol–water partition coefficient (Wildman–Crippen LogP) is -4.99. The van der Waals surface area contributed by atoms with Crippen LogP contribution in [-0.2, 0) is 14.9 Å². The third kappa shape index (κ3) is 2.63. The SMILES string of the molecule is O=S(=O)([O-])C1(O)CCOC[C@H]1O.[Na+]. The Bertz CT molecular complexity index is 264. The first kappa shape index (κ1) is 13.8. The molecule has 0 radical (unpaired) electrons. The Kier molecular flexibility index (Phi) is 4.82. The van der Waals surface area contributed by atoms with Crippen LogP contribution in [0.1, 0.15) is 6.42 Å². The molecule has 1 saturated heterocycles. The van der Waals surface area contributed by atoms with E-state index in [4.69, 9.17) is 5.11 Å². The molecule has 0 saturated carbocycles. The number of aliphatic hydroxyl groups is 2. The Morgan fingerprint density at radius 3 is 2.38 bits per heavy atom. The second kappa shape index (κ2) is 4.54. The minimum Gasteiger partial charge on any atom is -0.746 e. The van der Waals surface area contributed by atoms with Gasteiger partial charge in [-0.1, -0.05) is 0 Å². The van der Waals surface area contributed by atoms with E-state index in [0.29, 0.717) is 0 Å². The van der Waals surface area contributed by atoms with Crippen molar-refractivity contribution in [3.05, 3.63) is 0 Å². The zero-order valence-corrected chi connectivity index (χ0v) is 9.95. The van der Waals surface area contributed by atoms with Gasteiger partial charge in [0.05, 0.1) is 13.2 Å². The van der Waals surface area contributed by atoms with E-state index in [9.17, 15) is 18.1 Å². The molecule has 0 aromatic heterocycles. The van der Waals surface area contributed by atoms with Gasteiger partial charge in [-0.2, -0.15) is 0 Å². The molecule has 1 unspecified atom stereocenters. The minimum absolute atomic E-state index is 0. The van der Waals surface area contributed by atoms with E-state index in [-0.39, 0.29) is 49.2 Å². The summed E-state index contributed by atoms with van der Waals surface area (Å²) in [5.74, 6) is 0. The van der Waals surface area contributed by atoms with Crippen molar-refractivity contribution in [2.24, 2.45) is 0 Å². The van der Waals surface area contributed by atoms with Crippen LogP contribution in [0.3, 0.4) is 0 Å². The summed E-state index contributed by atoms with van der Waals surface area (Å²) < 4.78 is 36.2. The molecule has 1 rings (SSSR count). The number of aliphatic hydroxyl groups excluding tert-OH is 1. The number of ether oxygens (including phenoxy) is 1. The summed E-state index contributed by atoms with van der Waals surface area (Å²) in [5, 5.41) is 18.3. The van der Waals surface area contributed by atoms with Gasteiger partial charge in [0.15, 0.2) is 4.93 Å². The topological polar surface area (TPSA) is 107 Å². The molecular weight excluding hydrogens is 211 g/mol. The second-order valence-corrected chi connectivity index (χ2v) is 4.25. The fourth-order valence-corrected chi connectivity index (χ4v) is 1.74. The van der Waals surface area contributed by atoms with Gasteiger partial charge in [0.1, 0.15) is 16.2 Å². The van der Waals surface area contributed by atoms with Gasteiger partial charge in [-0.25, -0.2) is 8.42 Å². The van der Waals surface area contributed by atoms with Crippen molar-refractivity contribution in [1.29, 1.82) is 0 Å². The zero-order chi connectivity index (χ0) is 9.41. The summed E-state index contributed by atoms with van der Waals surface area (Å²) in [4.78, 5) is -2.58. The Morgan fingerprint density at radius 1 is 1.54 bits per heavy atom. The van der Waals surface area contributed by atoms with E-state index in [0.717, 1.165) is 0 Å². The molecule has 2 N–H and O–H groups in total. The molecule has 72 valence electrons. The molecule has 0 aromatic carbocycles. The maximum Gasteiger partial charge on any atom is 1.00 e. The monoisotopic (exact) mass is 220 g/mol. The van der Waals surface area contributed by atoms with E-state index in [2.05, 4.69) is 4.74 Å². The van der Waals surface area contributed by atoms with E-state index in [1.807, 2.05) is 0 Å². The second-order valence-electron chi connectivity index (χ2n) is 2.64. The van der Waals surface area contributed by atoms with Crippen LogP contribution in [0.2, 0.25) is 0 Å². The normalized spacial score (nSPS) is 35.2. The van der Waals surface area contributed by atoms with Gasteiger partial charge < -0.3 is 19.5 Å². The van der Waals surface area contributed by atoms with Crippen LogP contribution in [0, 0.1) is 0 Å². The van der Waals surface area contributed by atoms with Gasteiger partial charge in [0, 0.05) is 6.42 Å². The van der Waals surface area contributed by atoms with E-state index in [1.165, 1.54) is 0 Å². The largest absolute Gasteiger partial charge is 1.00 e. The average Bonchev–Trinajstić information content (AvgIpc) is 1.93. The van der Waals surface area contributed by atoms with Crippen molar-refractivity contribution in [3.8, 4) is 0 Å². The maximum atomic E-state index is 10.5. The molecule has 6 nitrogen and oxygen atoms in total. The fourth-order valence-electron chi connectivity index (χ4n) is 1.00. The molecule has 1 aliphatic heterocycles. The van der Waals surface area contributed by atoms with Crippen molar-refractivity contribution in [1.82, 2.24) is 0 Å². The molecule has 0 aliphatic carbocycles. The molecule has 0 spiro atoms. The summed E-state index contributed by atoms with van der Waals surface area (Å²) in [5.41, 5.74) is 0. The van der Waals surface area contributed by atoms with Crippen LogP contribution in [0.15, 0.2) is 0 Å². The molecule has 13 heavy (non-hydrogen) atoms. The number of hydrogen-bond acceptors (Lipinski definition) is 6. The summed E-state index contributed by atoms with van der Waals surface area (Å²) in [7, 11) is -4.90. The zero-order valence-electron chi connectivity index (χ0n) is 7.13. The maximum absolute atomic E-state index is 10.5. The van der Waals surface area contributed by atoms with Crippen LogP contribution >= 0.6 is 0 Å². The van der Waals surface area contributed by atoms with Crippen LogP contribution in [0.25, 0.3) is 0 Å². The standard InChI is InChI=1S/C5H10O6S.Na/c6-4-3-11-2-1-5(4,7)12(8,9)10;/h4,6-7H,1-3H2,(H,8,9,10);/q;+1/p-1/t4-,5?;/m1./s1. The van der Waals surface area contributed by atoms with E-state index in [1.54, 1.807) is 0 Å². The first-order valence-electron chi connectivity index (χ1n) is 3.31. The van der Waals surface area contributed by atoms with Crippen molar-refractivity contribution >= 4 is 10.1 Å². The smallest absolute Gasteiger partial charge is 0.746 e. The molecule has 1 heterocycles. The van der Waals surface area contributed by atoms with Crippen LogP contribution in [-0.4, -0.2) is 47.4 Å². The molecule has 8 heteroatoms. The summed E-state index contributed by atoms with van der Waals surface area (Å²) in [6.45, 7) is -0.382. The summed E-state index contributed by atoms with van der Waals surface area (Å²) in [6, 6.07) is 0. The fraction of sp³-hybridized carbons (Fsp3) is 1.00. The van der Waals surface area contributed by atoms with Gasteiger partial charge in [0.2, 0.25) is 0 Å². The van der Waals surface area contributed by atoms with Gasteiger partial charge >= 0.3 is 29.6 Å². The van der Waals surface area contributed by atoms with E-state index >= 15 is 0 Å². The number of rotatable bonds is 1. The molecule has 1 fully saturated rings. The first-order valence-corrected chi connectivity index (χ1v) is 4.72. The number of hydrogen-bond donors (Lipinski definition) is 2. The van der Waals surface area contributed by atoms with Gasteiger partial charge in [-0.3, -0.25) is 0 Å². The van der Waals surface area contributed by atoms with Gasteiger partial charge in [-0.05, 0) is 0 Å². The molecular formula is C5H9NaO6S. The summed E-state index contributed by atoms with van der Waals surface area (Å²) >= 11 is 0. The van der Waals surface area contributed by atoms with E-state index < -0.39 is 21.2 Å². The molecule has 0 aromatic rings. The first-order chi connectivity index (χ1) is 5.38. The Labute approximate surface area is 97.9 Å². The molecule has 2 atom stereocenters. The van der Waals surface area contributed by atoms with Crippen LogP contribution in [0.4, 0.5) is 0 Å². The van der Waals surface area contributed by atoms with Crippen molar-refractivity contribution < 1.29 is 57.5 Å². The van der Waals surface area contributed by atoms with Crippen molar-refractivity contribution in [3.63, 3.8) is 0 Å². The van der Waals surface area contributed by atoms with Crippen molar-refractivity contribution in [2.75, 3.05) is 13.2 Å². The Morgan fingerprint density at radius 2 is 2.08 bits per heavy atom. The molecule has 1 aliphatic rings. The average molecular weight is 220 g/mol. The quantitative estimate of drug-likeness (QED) is 0.338. The van der Waals surface area contributed by atoms with Gasteiger partial charge in [0.25, 0.3) is 0 Å². The Balaban J connectivity index is 0.00000144. The Hall–Kier alpha value is 0.790. The predicted molar refractivity (Wildman–Crippen MR) is 36.1 cm³/mol. The van der Waals surface area contributed by atoms with Crippen LogP contribution in [0.5, 0.6) is 0 Å².